The molecular weight excluding hydrogens is 226 g/mol. The lowest BCUT2D eigenvalue weighted by atomic mass is 10.2. The first-order chi connectivity index (χ1) is 8.69. The molecule has 0 fully saturated rings. The number of aldehydes is 1. The van der Waals surface area contributed by atoms with Crippen molar-refractivity contribution in [2.45, 2.75) is 6.92 Å². The van der Waals surface area contributed by atoms with E-state index in [1.165, 1.54) is 0 Å². The molecule has 0 bridgehead atoms. The second-order valence-electron chi connectivity index (χ2n) is 3.96. The van der Waals surface area contributed by atoms with Crippen LogP contribution in [0.3, 0.4) is 0 Å². The van der Waals surface area contributed by atoms with Gasteiger partial charge >= 0.3 is 0 Å². The van der Waals surface area contributed by atoms with Gasteiger partial charge in [0.2, 0.25) is 0 Å². The number of hydrogen-bond donors (Lipinski definition) is 1. The Morgan fingerprint density at radius 2 is 1.78 bits per heavy atom. The lowest BCUT2D eigenvalue weighted by molar-refractivity contribution is 0.112. The molecular formula is C14H13N3O. The van der Waals surface area contributed by atoms with Crippen LogP contribution in [-0.2, 0) is 0 Å². The Bertz CT molecular complexity index is 588. The summed E-state index contributed by atoms with van der Waals surface area (Å²) in [5.74, 6) is 0. The lowest BCUT2D eigenvalue weighted by Crippen LogP contribution is -1.84. The standard InChI is InChI=1S/C14H13N3O/c1-10-8-12(15)4-7-14(10)17-16-13-5-2-11(9-18)3-6-13/h2-9H,15H2,1H3. The van der Waals surface area contributed by atoms with Gasteiger partial charge in [-0.25, -0.2) is 0 Å². The molecule has 0 unspecified atom stereocenters. The van der Waals surface area contributed by atoms with Gasteiger partial charge in [-0.2, -0.15) is 10.2 Å². The second-order valence-corrected chi connectivity index (χ2v) is 3.96. The van der Waals surface area contributed by atoms with Gasteiger partial charge in [-0.3, -0.25) is 4.79 Å². The molecule has 2 rings (SSSR count). The predicted octanol–water partition coefficient (Wildman–Crippen LogP) is 3.81. The zero-order chi connectivity index (χ0) is 13.0. The van der Waals surface area contributed by atoms with Crippen LogP contribution >= 0.6 is 0 Å². The number of rotatable bonds is 3. The van der Waals surface area contributed by atoms with Crippen LogP contribution in [0.25, 0.3) is 0 Å². The molecule has 0 saturated heterocycles. The third-order valence-electron chi connectivity index (χ3n) is 2.52. The normalized spacial score (nSPS) is 10.7. The van der Waals surface area contributed by atoms with E-state index >= 15 is 0 Å². The fourth-order valence-corrected chi connectivity index (χ4v) is 1.52. The Morgan fingerprint density at radius 3 is 2.39 bits per heavy atom. The van der Waals surface area contributed by atoms with Gasteiger partial charge in [-0.15, -0.1) is 0 Å². The summed E-state index contributed by atoms with van der Waals surface area (Å²) in [6.45, 7) is 1.93. The van der Waals surface area contributed by atoms with Gasteiger partial charge in [0, 0.05) is 11.3 Å². The highest BCUT2D eigenvalue weighted by molar-refractivity contribution is 5.75. The fourth-order valence-electron chi connectivity index (χ4n) is 1.52. The highest BCUT2D eigenvalue weighted by Crippen LogP contribution is 2.23. The molecule has 0 aliphatic rings. The molecule has 2 N–H and O–H groups in total. The van der Waals surface area contributed by atoms with Crippen molar-refractivity contribution in [1.29, 1.82) is 0 Å². The van der Waals surface area contributed by atoms with Gasteiger partial charge in [0.1, 0.15) is 6.29 Å². The fraction of sp³-hybridized carbons (Fsp3) is 0.0714. The van der Waals surface area contributed by atoms with Gasteiger partial charge in [0.05, 0.1) is 11.4 Å². The average molecular weight is 239 g/mol. The van der Waals surface area contributed by atoms with Gasteiger partial charge in [0.15, 0.2) is 0 Å². The molecule has 90 valence electrons. The zero-order valence-corrected chi connectivity index (χ0v) is 10.00. The van der Waals surface area contributed by atoms with Crippen LogP contribution in [0.1, 0.15) is 15.9 Å². The summed E-state index contributed by atoms with van der Waals surface area (Å²) < 4.78 is 0. The predicted molar refractivity (Wildman–Crippen MR) is 71.6 cm³/mol. The molecule has 18 heavy (non-hydrogen) atoms. The molecule has 0 saturated carbocycles. The Kier molecular flexibility index (Phi) is 3.48. The summed E-state index contributed by atoms with van der Waals surface area (Å²) in [5, 5.41) is 8.26. The molecule has 0 aliphatic heterocycles. The van der Waals surface area contributed by atoms with Gasteiger partial charge in [-0.05, 0) is 55.0 Å². The topological polar surface area (TPSA) is 67.8 Å². The smallest absolute Gasteiger partial charge is 0.150 e. The first kappa shape index (κ1) is 12.0. The number of nitrogens with zero attached hydrogens (tertiary/aromatic N) is 2. The van der Waals surface area contributed by atoms with E-state index in [0.29, 0.717) is 16.9 Å². The maximum absolute atomic E-state index is 10.5. The average Bonchev–Trinajstić information content (AvgIpc) is 2.38. The summed E-state index contributed by atoms with van der Waals surface area (Å²) in [6, 6.07) is 12.4. The maximum Gasteiger partial charge on any atom is 0.150 e. The molecule has 0 aliphatic carbocycles. The van der Waals surface area contributed by atoms with Crippen molar-refractivity contribution in [2.75, 3.05) is 5.73 Å². The molecule has 0 heterocycles. The van der Waals surface area contributed by atoms with E-state index in [1.54, 1.807) is 30.3 Å². The molecule has 0 amide bonds. The zero-order valence-electron chi connectivity index (χ0n) is 10.00. The first-order valence-corrected chi connectivity index (χ1v) is 5.52. The van der Waals surface area contributed by atoms with Crippen molar-refractivity contribution in [3.8, 4) is 0 Å². The number of carbonyl (C=O) groups is 1. The van der Waals surface area contributed by atoms with Crippen LogP contribution in [0.15, 0.2) is 52.7 Å². The number of nitrogens with two attached hydrogens (primary N) is 1. The van der Waals surface area contributed by atoms with Crippen molar-refractivity contribution in [1.82, 2.24) is 0 Å². The number of nitrogen functional groups attached to an aromatic ring is 1. The highest BCUT2D eigenvalue weighted by Gasteiger charge is 1.97. The number of benzene rings is 2. The van der Waals surface area contributed by atoms with Crippen LogP contribution in [0, 0.1) is 6.92 Å². The highest BCUT2D eigenvalue weighted by atomic mass is 16.1. The molecule has 2 aromatic carbocycles. The lowest BCUT2D eigenvalue weighted by Gasteiger charge is -2.00. The second kappa shape index (κ2) is 5.23. The Morgan fingerprint density at radius 1 is 1.06 bits per heavy atom. The van der Waals surface area contributed by atoms with E-state index in [-0.39, 0.29) is 0 Å². The minimum Gasteiger partial charge on any atom is -0.399 e. The Balaban J connectivity index is 2.21. The number of azo groups is 1. The number of hydrogen-bond acceptors (Lipinski definition) is 4. The summed E-state index contributed by atoms with van der Waals surface area (Å²) in [7, 11) is 0. The molecule has 0 spiro atoms. The van der Waals surface area contributed by atoms with E-state index in [2.05, 4.69) is 10.2 Å². The van der Waals surface area contributed by atoms with Crippen molar-refractivity contribution in [2.24, 2.45) is 10.2 Å². The van der Waals surface area contributed by atoms with E-state index in [0.717, 1.165) is 17.5 Å². The van der Waals surface area contributed by atoms with Gasteiger partial charge in [0.25, 0.3) is 0 Å². The summed E-state index contributed by atoms with van der Waals surface area (Å²) in [4.78, 5) is 10.5. The van der Waals surface area contributed by atoms with Crippen LogP contribution in [0.2, 0.25) is 0 Å². The van der Waals surface area contributed by atoms with Gasteiger partial charge < -0.3 is 5.73 Å². The number of aryl methyl sites for hydroxylation is 1. The van der Waals surface area contributed by atoms with Crippen LogP contribution in [0.4, 0.5) is 17.1 Å². The van der Waals surface area contributed by atoms with Gasteiger partial charge in [-0.1, -0.05) is 0 Å². The van der Waals surface area contributed by atoms with E-state index in [9.17, 15) is 4.79 Å². The van der Waals surface area contributed by atoms with Crippen molar-refractivity contribution in [3.63, 3.8) is 0 Å². The quantitative estimate of drug-likeness (QED) is 0.502. The van der Waals surface area contributed by atoms with Crippen LogP contribution in [0.5, 0.6) is 0 Å². The minimum absolute atomic E-state index is 0.623. The summed E-state index contributed by atoms with van der Waals surface area (Å²) in [6.07, 6.45) is 0.797. The van der Waals surface area contributed by atoms with Crippen molar-refractivity contribution >= 4 is 23.3 Å². The monoisotopic (exact) mass is 239 g/mol. The van der Waals surface area contributed by atoms with E-state index < -0.39 is 0 Å². The number of anilines is 1. The maximum atomic E-state index is 10.5. The Hall–Kier alpha value is -2.49. The summed E-state index contributed by atoms with van der Waals surface area (Å²) >= 11 is 0. The summed E-state index contributed by atoms with van der Waals surface area (Å²) in [5.41, 5.74) is 9.46. The Labute approximate surface area is 105 Å². The largest absolute Gasteiger partial charge is 0.399 e. The minimum atomic E-state index is 0.623. The molecule has 4 nitrogen and oxygen atoms in total. The first-order valence-electron chi connectivity index (χ1n) is 5.52. The van der Waals surface area contributed by atoms with E-state index in [4.69, 9.17) is 5.73 Å². The molecule has 0 aromatic heterocycles. The van der Waals surface area contributed by atoms with E-state index in [1.807, 2.05) is 19.1 Å². The molecule has 2 aromatic rings. The third kappa shape index (κ3) is 2.79. The number of carbonyl (C=O) groups excluding carboxylic acids is 1. The molecule has 4 heteroatoms. The third-order valence-corrected chi connectivity index (χ3v) is 2.52. The van der Waals surface area contributed by atoms with Crippen LogP contribution < -0.4 is 5.73 Å². The molecule has 0 atom stereocenters. The van der Waals surface area contributed by atoms with Crippen LogP contribution in [-0.4, -0.2) is 6.29 Å². The SMILES string of the molecule is Cc1cc(N)ccc1N=Nc1ccc(C=O)cc1. The van der Waals surface area contributed by atoms with Crippen molar-refractivity contribution < 1.29 is 4.79 Å². The molecule has 0 radical (unpaired) electrons. The van der Waals surface area contributed by atoms with Crippen molar-refractivity contribution in [3.05, 3.63) is 53.6 Å².